The molecular weight excluding hydrogens is 286 g/mol. The number of hydrogen-bond donors (Lipinski definition) is 1. The van der Waals surface area contributed by atoms with Gasteiger partial charge in [-0.25, -0.2) is 0 Å². The van der Waals surface area contributed by atoms with Crippen molar-refractivity contribution in [3.05, 3.63) is 34.4 Å². The third-order valence-electron chi connectivity index (χ3n) is 3.66. The minimum Gasteiger partial charge on any atom is -0.307 e. The first-order chi connectivity index (χ1) is 10.0. The van der Waals surface area contributed by atoms with Crippen LogP contribution in [0.25, 0.3) is 0 Å². The number of nitrogens with one attached hydrogen (secondary N) is 1. The maximum Gasteiger partial charge on any atom is 0.0931 e. The molecule has 0 spiro atoms. The van der Waals surface area contributed by atoms with Gasteiger partial charge in [-0.2, -0.15) is 10.2 Å². The molecule has 6 heteroatoms. The smallest absolute Gasteiger partial charge is 0.0931 e. The Balaban J connectivity index is 2.54. The zero-order valence-electron chi connectivity index (χ0n) is 13.4. The Hall–Kier alpha value is -1.33. The summed E-state index contributed by atoms with van der Waals surface area (Å²) in [5, 5.41) is 13.1. The SMILES string of the molecule is CCc1cc(C(NC)c2c(Cl)cnn2C(C)C)n(CC)n1. The van der Waals surface area contributed by atoms with E-state index in [2.05, 4.69) is 49.3 Å². The first kappa shape index (κ1) is 16.0. The van der Waals surface area contributed by atoms with Crippen LogP contribution in [0.1, 0.15) is 56.9 Å². The minimum absolute atomic E-state index is 0.0184. The molecule has 0 aromatic carbocycles. The van der Waals surface area contributed by atoms with Gasteiger partial charge in [0.1, 0.15) is 0 Å². The lowest BCUT2D eigenvalue weighted by Crippen LogP contribution is -2.25. The van der Waals surface area contributed by atoms with E-state index in [1.54, 1.807) is 6.20 Å². The van der Waals surface area contributed by atoms with E-state index in [-0.39, 0.29) is 12.1 Å². The van der Waals surface area contributed by atoms with Crippen molar-refractivity contribution in [3.63, 3.8) is 0 Å². The standard InChI is InChI=1S/C15H24ClN5/c1-6-11-8-13(20(7-2)19-11)14(17-5)15-12(16)9-18-21(15)10(3)4/h8-10,14,17H,6-7H2,1-5H3. The minimum atomic E-state index is -0.0184. The first-order valence-electron chi connectivity index (χ1n) is 7.50. The van der Waals surface area contributed by atoms with Crippen molar-refractivity contribution in [3.8, 4) is 0 Å². The van der Waals surface area contributed by atoms with E-state index in [0.717, 1.165) is 30.0 Å². The molecule has 2 heterocycles. The lowest BCUT2D eigenvalue weighted by molar-refractivity contribution is 0.468. The molecule has 116 valence electrons. The Labute approximate surface area is 131 Å². The molecule has 0 aliphatic heterocycles. The number of halogens is 1. The molecule has 2 aromatic rings. The van der Waals surface area contributed by atoms with Gasteiger partial charge in [-0.15, -0.1) is 0 Å². The number of rotatable bonds is 6. The Bertz CT molecular complexity index is 599. The second kappa shape index (κ2) is 6.62. The van der Waals surface area contributed by atoms with Crippen LogP contribution in [0.15, 0.2) is 12.3 Å². The molecule has 21 heavy (non-hydrogen) atoms. The van der Waals surface area contributed by atoms with Crippen molar-refractivity contribution < 1.29 is 0 Å². The van der Waals surface area contributed by atoms with Gasteiger partial charge in [-0.1, -0.05) is 18.5 Å². The molecule has 0 amide bonds. The quantitative estimate of drug-likeness (QED) is 0.891. The molecular formula is C15H24ClN5. The molecule has 1 atom stereocenters. The summed E-state index contributed by atoms with van der Waals surface area (Å²) in [7, 11) is 1.94. The summed E-state index contributed by atoms with van der Waals surface area (Å²) >= 11 is 6.40. The average molecular weight is 310 g/mol. The molecule has 0 saturated carbocycles. The Morgan fingerprint density at radius 3 is 2.57 bits per heavy atom. The fourth-order valence-electron chi connectivity index (χ4n) is 2.60. The average Bonchev–Trinajstić information content (AvgIpc) is 3.05. The molecule has 0 bridgehead atoms. The molecule has 0 aliphatic carbocycles. The van der Waals surface area contributed by atoms with Gasteiger partial charge in [0.05, 0.1) is 34.3 Å². The number of aryl methyl sites for hydroxylation is 2. The van der Waals surface area contributed by atoms with Crippen LogP contribution in [0, 0.1) is 0 Å². The Morgan fingerprint density at radius 2 is 2.05 bits per heavy atom. The number of hydrogen-bond acceptors (Lipinski definition) is 3. The zero-order valence-corrected chi connectivity index (χ0v) is 14.1. The fourth-order valence-corrected chi connectivity index (χ4v) is 2.84. The van der Waals surface area contributed by atoms with E-state index in [4.69, 9.17) is 11.6 Å². The summed E-state index contributed by atoms with van der Waals surface area (Å²) in [6.45, 7) is 9.26. The molecule has 0 fully saturated rings. The van der Waals surface area contributed by atoms with Gasteiger partial charge in [0, 0.05) is 12.6 Å². The summed E-state index contributed by atoms with van der Waals surface area (Å²) in [5.74, 6) is 0. The highest BCUT2D eigenvalue weighted by molar-refractivity contribution is 6.31. The van der Waals surface area contributed by atoms with Crippen LogP contribution >= 0.6 is 11.6 Å². The zero-order chi connectivity index (χ0) is 15.6. The summed E-state index contributed by atoms with van der Waals surface area (Å²) in [6, 6.07) is 2.39. The predicted octanol–water partition coefficient (Wildman–Crippen LogP) is 3.21. The van der Waals surface area contributed by atoms with Crippen LogP contribution in [0.5, 0.6) is 0 Å². The van der Waals surface area contributed by atoms with Crippen molar-refractivity contribution in [1.29, 1.82) is 0 Å². The summed E-state index contributed by atoms with van der Waals surface area (Å²) < 4.78 is 4.01. The Morgan fingerprint density at radius 1 is 1.33 bits per heavy atom. The molecule has 1 N–H and O–H groups in total. The highest BCUT2D eigenvalue weighted by Crippen LogP contribution is 2.30. The van der Waals surface area contributed by atoms with Gasteiger partial charge in [0.25, 0.3) is 0 Å². The highest BCUT2D eigenvalue weighted by atomic mass is 35.5. The van der Waals surface area contributed by atoms with E-state index < -0.39 is 0 Å². The largest absolute Gasteiger partial charge is 0.307 e. The lowest BCUT2D eigenvalue weighted by atomic mass is 10.1. The fraction of sp³-hybridized carbons (Fsp3) is 0.600. The lowest BCUT2D eigenvalue weighted by Gasteiger charge is -2.21. The van der Waals surface area contributed by atoms with Crippen molar-refractivity contribution in [2.24, 2.45) is 0 Å². The summed E-state index contributed by atoms with van der Waals surface area (Å²) in [4.78, 5) is 0. The maximum atomic E-state index is 6.40. The van der Waals surface area contributed by atoms with Crippen molar-refractivity contribution >= 4 is 11.6 Å². The molecule has 5 nitrogen and oxygen atoms in total. The number of nitrogens with zero attached hydrogens (tertiary/aromatic N) is 4. The molecule has 2 aromatic heterocycles. The van der Waals surface area contributed by atoms with Crippen molar-refractivity contribution in [1.82, 2.24) is 24.9 Å². The van der Waals surface area contributed by atoms with Gasteiger partial charge < -0.3 is 5.32 Å². The van der Waals surface area contributed by atoms with Crippen LogP contribution in [0.3, 0.4) is 0 Å². The van der Waals surface area contributed by atoms with Crippen LogP contribution in [0.2, 0.25) is 5.02 Å². The van der Waals surface area contributed by atoms with E-state index in [1.807, 2.05) is 16.4 Å². The van der Waals surface area contributed by atoms with Gasteiger partial charge in [-0.05, 0) is 40.3 Å². The monoisotopic (exact) mass is 309 g/mol. The van der Waals surface area contributed by atoms with Gasteiger partial charge in [0.2, 0.25) is 0 Å². The predicted molar refractivity (Wildman–Crippen MR) is 85.8 cm³/mol. The summed E-state index contributed by atoms with van der Waals surface area (Å²) in [6.07, 6.45) is 2.64. The second-order valence-electron chi connectivity index (χ2n) is 5.37. The van der Waals surface area contributed by atoms with Gasteiger partial charge in [0.15, 0.2) is 0 Å². The molecule has 0 aliphatic rings. The van der Waals surface area contributed by atoms with Crippen LogP contribution < -0.4 is 5.32 Å². The third kappa shape index (κ3) is 2.99. The van der Waals surface area contributed by atoms with Gasteiger partial charge >= 0.3 is 0 Å². The normalized spacial score (nSPS) is 13.1. The van der Waals surface area contributed by atoms with Gasteiger partial charge in [-0.3, -0.25) is 9.36 Å². The van der Waals surface area contributed by atoms with Crippen molar-refractivity contribution in [2.45, 2.75) is 52.7 Å². The van der Waals surface area contributed by atoms with E-state index >= 15 is 0 Å². The van der Waals surface area contributed by atoms with Crippen LogP contribution in [-0.2, 0) is 13.0 Å². The highest BCUT2D eigenvalue weighted by Gasteiger charge is 2.25. The molecule has 0 radical (unpaired) electrons. The molecule has 2 rings (SSSR count). The van der Waals surface area contributed by atoms with Crippen LogP contribution in [0.4, 0.5) is 0 Å². The molecule has 1 unspecified atom stereocenters. The molecule has 0 saturated heterocycles. The van der Waals surface area contributed by atoms with Crippen LogP contribution in [-0.4, -0.2) is 26.6 Å². The second-order valence-corrected chi connectivity index (χ2v) is 5.77. The Kier molecular flexibility index (Phi) is 5.06. The maximum absolute atomic E-state index is 6.40. The third-order valence-corrected chi connectivity index (χ3v) is 3.95. The van der Waals surface area contributed by atoms with E-state index in [0.29, 0.717) is 5.02 Å². The first-order valence-corrected chi connectivity index (χ1v) is 7.87. The number of aromatic nitrogens is 4. The van der Waals surface area contributed by atoms with E-state index in [9.17, 15) is 0 Å². The topological polar surface area (TPSA) is 47.7 Å². The van der Waals surface area contributed by atoms with Crippen molar-refractivity contribution in [2.75, 3.05) is 7.05 Å². The summed E-state index contributed by atoms with van der Waals surface area (Å²) in [5.41, 5.74) is 3.21. The van der Waals surface area contributed by atoms with E-state index in [1.165, 1.54) is 0 Å².